The quantitative estimate of drug-likeness (QED) is 0.652. The van der Waals surface area contributed by atoms with Crippen LogP contribution >= 0.6 is 23.2 Å². The summed E-state index contributed by atoms with van der Waals surface area (Å²) in [4.78, 5) is 7.70. The van der Waals surface area contributed by atoms with Crippen LogP contribution in [-0.2, 0) is 0 Å². The molecule has 96 valence electrons. The highest BCUT2D eigenvalue weighted by Gasteiger charge is 2.10. The van der Waals surface area contributed by atoms with Crippen LogP contribution in [-0.4, -0.2) is 9.97 Å². The van der Waals surface area contributed by atoms with Crippen LogP contribution in [0.5, 0.6) is 0 Å². The molecule has 0 spiro atoms. The van der Waals surface area contributed by atoms with Crippen molar-refractivity contribution in [2.75, 3.05) is 5.73 Å². The molecular formula is C14H11Cl2N3. The van der Waals surface area contributed by atoms with E-state index in [2.05, 4.69) is 9.97 Å². The van der Waals surface area contributed by atoms with Crippen LogP contribution < -0.4 is 5.73 Å². The van der Waals surface area contributed by atoms with Crippen LogP contribution in [0.15, 0.2) is 30.3 Å². The van der Waals surface area contributed by atoms with E-state index in [4.69, 9.17) is 28.9 Å². The number of aromatic amines is 1. The van der Waals surface area contributed by atoms with E-state index in [1.165, 1.54) is 0 Å². The predicted molar refractivity (Wildman–Crippen MR) is 80.7 cm³/mol. The second-order valence-corrected chi connectivity index (χ2v) is 5.28. The summed E-state index contributed by atoms with van der Waals surface area (Å²) in [6.45, 7) is 1.97. The van der Waals surface area contributed by atoms with Crippen molar-refractivity contribution in [2.45, 2.75) is 6.92 Å². The minimum absolute atomic E-state index is 0.532. The lowest BCUT2D eigenvalue weighted by Gasteiger charge is -2.01. The summed E-state index contributed by atoms with van der Waals surface area (Å²) >= 11 is 12.1. The number of nitrogens with one attached hydrogen (secondary N) is 1. The summed E-state index contributed by atoms with van der Waals surface area (Å²) < 4.78 is 0. The minimum Gasteiger partial charge on any atom is -0.398 e. The number of hydrogen-bond acceptors (Lipinski definition) is 2. The number of nitrogens with two attached hydrogens (primary N) is 1. The van der Waals surface area contributed by atoms with Crippen molar-refractivity contribution < 1.29 is 0 Å². The standard InChI is InChI=1S/C14H11Cl2N3/c1-7-2-3-8(4-11(7)17)14-18-12-6-9(15)5-10(16)13(12)19-14/h2-6H,17H2,1H3,(H,18,19). The molecule has 0 aliphatic heterocycles. The number of aryl methyl sites for hydroxylation is 1. The highest BCUT2D eigenvalue weighted by Crippen LogP contribution is 2.29. The highest BCUT2D eigenvalue weighted by molar-refractivity contribution is 6.38. The van der Waals surface area contributed by atoms with Crippen LogP contribution in [0, 0.1) is 6.92 Å². The van der Waals surface area contributed by atoms with E-state index in [1.54, 1.807) is 12.1 Å². The van der Waals surface area contributed by atoms with Gasteiger partial charge in [-0.05, 0) is 30.7 Å². The van der Waals surface area contributed by atoms with Gasteiger partial charge in [0, 0.05) is 16.3 Å². The molecule has 3 N–H and O–H groups in total. The Balaban J connectivity index is 2.20. The minimum atomic E-state index is 0.532. The van der Waals surface area contributed by atoms with Crippen LogP contribution in [0.1, 0.15) is 5.56 Å². The maximum atomic E-state index is 6.13. The monoisotopic (exact) mass is 291 g/mol. The first-order valence-corrected chi connectivity index (χ1v) is 6.51. The second kappa shape index (κ2) is 4.44. The topological polar surface area (TPSA) is 54.7 Å². The van der Waals surface area contributed by atoms with Gasteiger partial charge in [-0.2, -0.15) is 0 Å². The molecule has 0 saturated carbocycles. The number of rotatable bonds is 1. The van der Waals surface area contributed by atoms with Crippen LogP contribution in [0.2, 0.25) is 10.0 Å². The van der Waals surface area contributed by atoms with Gasteiger partial charge in [0.05, 0.1) is 10.5 Å². The van der Waals surface area contributed by atoms with Gasteiger partial charge < -0.3 is 10.7 Å². The molecule has 0 bridgehead atoms. The van der Waals surface area contributed by atoms with E-state index in [9.17, 15) is 0 Å². The van der Waals surface area contributed by atoms with Crippen molar-refractivity contribution in [2.24, 2.45) is 0 Å². The lowest BCUT2D eigenvalue weighted by Crippen LogP contribution is -1.90. The Labute approximate surface area is 120 Å². The molecule has 3 aromatic rings. The molecular weight excluding hydrogens is 281 g/mol. The Morgan fingerprint density at radius 3 is 2.68 bits per heavy atom. The number of aromatic nitrogens is 2. The van der Waals surface area contributed by atoms with Gasteiger partial charge in [0.1, 0.15) is 11.3 Å². The SMILES string of the molecule is Cc1ccc(-c2nc3c(Cl)cc(Cl)cc3[nH]2)cc1N. The summed E-state index contributed by atoms with van der Waals surface area (Å²) in [7, 11) is 0. The number of fused-ring (bicyclic) bond motifs is 1. The number of H-pyrrole nitrogens is 1. The molecule has 3 nitrogen and oxygen atoms in total. The van der Waals surface area contributed by atoms with Crippen molar-refractivity contribution in [1.29, 1.82) is 0 Å². The molecule has 0 aliphatic carbocycles. The first kappa shape index (κ1) is 12.3. The summed E-state index contributed by atoms with van der Waals surface area (Å²) in [6, 6.07) is 9.31. The summed E-state index contributed by atoms with van der Waals surface area (Å²) in [5.41, 5.74) is 10.1. The smallest absolute Gasteiger partial charge is 0.138 e. The highest BCUT2D eigenvalue weighted by atomic mass is 35.5. The number of halogens is 2. The van der Waals surface area contributed by atoms with Gasteiger partial charge in [0.15, 0.2) is 0 Å². The third kappa shape index (κ3) is 2.15. The van der Waals surface area contributed by atoms with Crippen molar-refractivity contribution >= 4 is 39.9 Å². The molecule has 0 radical (unpaired) electrons. The normalized spacial score (nSPS) is 11.1. The van der Waals surface area contributed by atoms with E-state index in [1.807, 2.05) is 25.1 Å². The number of hydrogen-bond donors (Lipinski definition) is 2. The van der Waals surface area contributed by atoms with E-state index in [0.29, 0.717) is 15.6 Å². The largest absolute Gasteiger partial charge is 0.398 e. The Morgan fingerprint density at radius 1 is 1.16 bits per heavy atom. The zero-order valence-electron chi connectivity index (χ0n) is 10.2. The number of nitrogen functional groups attached to an aromatic ring is 1. The van der Waals surface area contributed by atoms with Crippen LogP contribution in [0.3, 0.4) is 0 Å². The van der Waals surface area contributed by atoms with Crippen LogP contribution in [0.4, 0.5) is 5.69 Å². The van der Waals surface area contributed by atoms with Crippen LogP contribution in [0.25, 0.3) is 22.4 Å². The zero-order chi connectivity index (χ0) is 13.6. The van der Waals surface area contributed by atoms with Crippen molar-refractivity contribution in [1.82, 2.24) is 9.97 Å². The average molecular weight is 292 g/mol. The Morgan fingerprint density at radius 2 is 1.95 bits per heavy atom. The summed E-state index contributed by atoms with van der Waals surface area (Å²) in [5, 5.41) is 1.11. The average Bonchev–Trinajstić information content (AvgIpc) is 2.76. The zero-order valence-corrected chi connectivity index (χ0v) is 11.7. The molecule has 0 fully saturated rings. The second-order valence-electron chi connectivity index (χ2n) is 4.44. The molecule has 2 aromatic carbocycles. The van der Waals surface area contributed by atoms with Gasteiger partial charge >= 0.3 is 0 Å². The number of anilines is 1. The third-order valence-corrected chi connectivity index (χ3v) is 3.56. The summed E-state index contributed by atoms with van der Waals surface area (Å²) in [5.74, 6) is 0.728. The third-order valence-electron chi connectivity index (χ3n) is 3.06. The van der Waals surface area contributed by atoms with Crippen molar-refractivity contribution in [3.63, 3.8) is 0 Å². The Hall–Kier alpha value is -1.71. The fourth-order valence-electron chi connectivity index (χ4n) is 1.97. The number of nitrogens with zero attached hydrogens (tertiary/aromatic N) is 1. The van der Waals surface area contributed by atoms with Crippen molar-refractivity contribution in [3.8, 4) is 11.4 Å². The maximum absolute atomic E-state index is 6.13. The van der Waals surface area contributed by atoms with E-state index < -0.39 is 0 Å². The molecule has 1 aromatic heterocycles. The fraction of sp³-hybridized carbons (Fsp3) is 0.0714. The molecule has 0 unspecified atom stereocenters. The molecule has 3 rings (SSSR count). The Kier molecular flexibility index (Phi) is 2.88. The first-order valence-electron chi connectivity index (χ1n) is 5.76. The lowest BCUT2D eigenvalue weighted by molar-refractivity contribution is 1.33. The van der Waals surface area contributed by atoms with Crippen molar-refractivity contribution in [3.05, 3.63) is 45.9 Å². The molecule has 0 saturated heterocycles. The van der Waals surface area contributed by atoms with E-state index >= 15 is 0 Å². The van der Waals surface area contributed by atoms with Gasteiger partial charge in [0.2, 0.25) is 0 Å². The number of imidazole rings is 1. The number of benzene rings is 2. The van der Waals surface area contributed by atoms with Gasteiger partial charge in [0.25, 0.3) is 0 Å². The Bertz CT molecular complexity index is 778. The predicted octanol–water partition coefficient (Wildman–Crippen LogP) is 4.43. The molecule has 5 heteroatoms. The fourth-order valence-corrected chi connectivity index (χ4v) is 2.50. The van der Waals surface area contributed by atoms with Gasteiger partial charge in [-0.25, -0.2) is 4.98 Å². The first-order chi connectivity index (χ1) is 9.04. The molecule has 0 aliphatic rings. The molecule has 0 amide bonds. The van der Waals surface area contributed by atoms with E-state index in [0.717, 1.165) is 28.2 Å². The summed E-state index contributed by atoms with van der Waals surface area (Å²) in [6.07, 6.45) is 0. The maximum Gasteiger partial charge on any atom is 0.138 e. The molecule has 1 heterocycles. The lowest BCUT2D eigenvalue weighted by atomic mass is 10.1. The van der Waals surface area contributed by atoms with E-state index in [-0.39, 0.29) is 0 Å². The van der Waals surface area contributed by atoms with Gasteiger partial charge in [-0.3, -0.25) is 0 Å². The van der Waals surface area contributed by atoms with Gasteiger partial charge in [-0.15, -0.1) is 0 Å². The van der Waals surface area contributed by atoms with Gasteiger partial charge in [-0.1, -0.05) is 35.3 Å². The molecule has 19 heavy (non-hydrogen) atoms. The molecule has 0 atom stereocenters.